The maximum absolute atomic E-state index is 12.3. The van der Waals surface area contributed by atoms with Crippen LogP contribution in [0.1, 0.15) is 36.5 Å². The maximum Gasteiger partial charge on any atom is 0.156 e. The highest BCUT2D eigenvalue weighted by atomic mass is 16.1. The smallest absolute Gasteiger partial charge is 0.156 e. The van der Waals surface area contributed by atoms with Crippen molar-refractivity contribution >= 4 is 5.78 Å². The average molecular weight is 231 g/mol. The van der Waals surface area contributed by atoms with Gasteiger partial charge in [-0.05, 0) is 51.3 Å². The van der Waals surface area contributed by atoms with Gasteiger partial charge in [0, 0.05) is 6.42 Å². The summed E-state index contributed by atoms with van der Waals surface area (Å²) in [4.78, 5) is 12.3. The largest absolute Gasteiger partial charge is 0.305 e. The SMILES string of the molecule is Cc1ccc(C)c(CC(=O)C2(C)CCCN2)c1. The number of ketones is 1. The molecule has 0 bridgehead atoms. The second kappa shape index (κ2) is 4.61. The number of hydrogen-bond acceptors (Lipinski definition) is 2. The Morgan fingerprint density at radius 1 is 1.41 bits per heavy atom. The van der Waals surface area contributed by atoms with Gasteiger partial charge < -0.3 is 5.32 Å². The molecule has 92 valence electrons. The first-order chi connectivity index (χ1) is 8.01. The van der Waals surface area contributed by atoms with Gasteiger partial charge in [-0.2, -0.15) is 0 Å². The molecular formula is C15H21NO. The number of Topliss-reactive ketones (excluding diaryl/α,β-unsaturated/α-hetero) is 1. The molecular weight excluding hydrogens is 210 g/mol. The van der Waals surface area contributed by atoms with E-state index in [1.807, 2.05) is 6.92 Å². The van der Waals surface area contributed by atoms with Crippen molar-refractivity contribution in [2.24, 2.45) is 0 Å². The number of benzene rings is 1. The van der Waals surface area contributed by atoms with Crippen LogP contribution in [-0.2, 0) is 11.2 Å². The van der Waals surface area contributed by atoms with Crippen LogP contribution in [0, 0.1) is 13.8 Å². The molecule has 17 heavy (non-hydrogen) atoms. The normalized spacial score (nSPS) is 23.9. The molecule has 0 radical (unpaired) electrons. The highest BCUT2D eigenvalue weighted by Gasteiger charge is 2.35. The predicted octanol–water partition coefficient (Wildman–Crippen LogP) is 2.56. The van der Waals surface area contributed by atoms with Crippen molar-refractivity contribution in [2.75, 3.05) is 6.54 Å². The maximum atomic E-state index is 12.3. The predicted molar refractivity (Wildman–Crippen MR) is 70.3 cm³/mol. The van der Waals surface area contributed by atoms with Gasteiger partial charge in [0.15, 0.2) is 5.78 Å². The molecule has 1 unspecified atom stereocenters. The Morgan fingerprint density at radius 2 is 2.18 bits per heavy atom. The van der Waals surface area contributed by atoms with Crippen LogP contribution in [0.4, 0.5) is 0 Å². The molecule has 0 aromatic heterocycles. The van der Waals surface area contributed by atoms with Gasteiger partial charge in [-0.25, -0.2) is 0 Å². The Labute approximate surface area is 103 Å². The molecule has 1 fully saturated rings. The van der Waals surface area contributed by atoms with Crippen LogP contribution in [0.25, 0.3) is 0 Å². The van der Waals surface area contributed by atoms with Crippen LogP contribution in [0.2, 0.25) is 0 Å². The van der Waals surface area contributed by atoms with Crippen LogP contribution in [-0.4, -0.2) is 17.9 Å². The summed E-state index contributed by atoms with van der Waals surface area (Å²) >= 11 is 0. The van der Waals surface area contributed by atoms with E-state index in [1.165, 1.54) is 16.7 Å². The van der Waals surface area contributed by atoms with Crippen molar-refractivity contribution in [3.05, 3.63) is 34.9 Å². The third-order valence-electron chi connectivity index (χ3n) is 3.84. The van der Waals surface area contributed by atoms with Gasteiger partial charge in [0.05, 0.1) is 5.54 Å². The van der Waals surface area contributed by atoms with Crippen LogP contribution in [0.3, 0.4) is 0 Å². The van der Waals surface area contributed by atoms with Crippen LogP contribution >= 0.6 is 0 Å². The lowest BCUT2D eigenvalue weighted by Crippen LogP contribution is -2.45. The van der Waals surface area contributed by atoms with Crippen molar-refractivity contribution in [3.63, 3.8) is 0 Å². The van der Waals surface area contributed by atoms with Gasteiger partial charge in [0.1, 0.15) is 0 Å². The Balaban J connectivity index is 2.15. The van der Waals surface area contributed by atoms with Gasteiger partial charge >= 0.3 is 0 Å². The number of aryl methyl sites for hydroxylation is 2. The summed E-state index contributed by atoms with van der Waals surface area (Å²) in [6.07, 6.45) is 2.63. The van der Waals surface area contributed by atoms with E-state index in [4.69, 9.17) is 0 Å². The topological polar surface area (TPSA) is 29.1 Å². The third-order valence-corrected chi connectivity index (χ3v) is 3.84. The molecule has 1 atom stereocenters. The van der Waals surface area contributed by atoms with E-state index < -0.39 is 0 Å². The molecule has 1 aliphatic heterocycles. The highest BCUT2D eigenvalue weighted by molar-refractivity contribution is 5.90. The van der Waals surface area contributed by atoms with E-state index >= 15 is 0 Å². The fourth-order valence-electron chi connectivity index (χ4n) is 2.49. The van der Waals surface area contributed by atoms with Crippen LogP contribution in [0.15, 0.2) is 18.2 Å². The molecule has 1 aromatic carbocycles. The minimum atomic E-state index is -0.295. The van der Waals surface area contributed by atoms with E-state index in [9.17, 15) is 4.79 Å². The lowest BCUT2D eigenvalue weighted by molar-refractivity contribution is -0.123. The summed E-state index contributed by atoms with van der Waals surface area (Å²) in [5, 5.41) is 3.34. The summed E-state index contributed by atoms with van der Waals surface area (Å²) < 4.78 is 0. The molecule has 0 spiro atoms. The minimum absolute atomic E-state index is 0.295. The van der Waals surface area contributed by atoms with Crippen molar-refractivity contribution in [1.29, 1.82) is 0 Å². The number of carbonyl (C=O) groups excluding carboxylic acids is 1. The molecule has 1 aliphatic rings. The first-order valence-electron chi connectivity index (χ1n) is 6.36. The standard InChI is InChI=1S/C15H21NO/c1-11-5-6-12(2)13(9-11)10-14(17)15(3)7-4-8-16-15/h5-6,9,16H,4,7-8,10H2,1-3H3. The summed E-state index contributed by atoms with van der Waals surface area (Å²) in [5.74, 6) is 0.323. The van der Waals surface area contributed by atoms with Gasteiger partial charge in [-0.15, -0.1) is 0 Å². The van der Waals surface area contributed by atoms with E-state index in [-0.39, 0.29) is 5.54 Å². The zero-order chi connectivity index (χ0) is 12.5. The van der Waals surface area contributed by atoms with Gasteiger partial charge in [0.25, 0.3) is 0 Å². The van der Waals surface area contributed by atoms with E-state index in [0.717, 1.165) is 19.4 Å². The molecule has 2 heteroatoms. The molecule has 2 rings (SSSR count). The highest BCUT2D eigenvalue weighted by Crippen LogP contribution is 2.22. The summed E-state index contributed by atoms with van der Waals surface area (Å²) in [5.41, 5.74) is 3.31. The Kier molecular flexibility index (Phi) is 3.34. The van der Waals surface area contributed by atoms with Crippen molar-refractivity contribution in [1.82, 2.24) is 5.32 Å². The van der Waals surface area contributed by atoms with Crippen LogP contribution in [0.5, 0.6) is 0 Å². The molecule has 1 N–H and O–H groups in total. The van der Waals surface area contributed by atoms with Crippen molar-refractivity contribution in [3.8, 4) is 0 Å². The Hall–Kier alpha value is -1.15. The molecule has 0 aliphatic carbocycles. The number of carbonyl (C=O) groups is 1. The summed E-state index contributed by atoms with van der Waals surface area (Å²) in [6, 6.07) is 6.33. The molecule has 2 nitrogen and oxygen atoms in total. The molecule has 0 amide bonds. The molecule has 1 saturated heterocycles. The first-order valence-corrected chi connectivity index (χ1v) is 6.36. The lowest BCUT2D eigenvalue weighted by Gasteiger charge is -2.23. The monoisotopic (exact) mass is 231 g/mol. The lowest BCUT2D eigenvalue weighted by atomic mass is 9.89. The summed E-state index contributed by atoms with van der Waals surface area (Å²) in [7, 11) is 0. The van der Waals surface area contributed by atoms with Gasteiger partial charge in [0.2, 0.25) is 0 Å². The van der Waals surface area contributed by atoms with E-state index in [1.54, 1.807) is 0 Å². The first kappa shape index (κ1) is 12.3. The zero-order valence-corrected chi connectivity index (χ0v) is 11.0. The Bertz CT molecular complexity index is 431. The fourth-order valence-corrected chi connectivity index (χ4v) is 2.49. The quantitative estimate of drug-likeness (QED) is 0.866. The number of hydrogen-bond donors (Lipinski definition) is 1. The summed E-state index contributed by atoms with van der Waals surface area (Å²) in [6.45, 7) is 7.15. The number of rotatable bonds is 3. The van der Waals surface area contributed by atoms with Gasteiger partial charge in [-0.1, -0.05) is 23.8 Å². The fraction of sp³-hybridized carbons (Fsp3) is 0.533. The van der Waals surface area contributed by atoms with E-state index in [2.05, 4.69) is 37.4 Å². The average Bonchev–Trinajstić information content (AvgIpc) is 2.72. The second-order valence-corrected chi connectivity index (χ2v) is 5.39. The molecule has 0 saturated carbocycles. The van der Waals surface area contributed by atoms with Crippen molar-refractivity contribution in [2.45, 2.75) is 45.6 Å². The number of nitrogens with one attached hydrogen (secondary N) is 1. The zero-order valence-electron chi connectivity index (χ0n) is 11.0. The van der Waals surface area contributed by atoms with E-state index in [0.29, 0.717) is 12.2 Å². The minimum Gasteiger partial charge on any atom is -0.305 e. The van der Waals surface area contributed by atoms with Crippen LogP contribution < -0.4 is 5.32 Å². The Morgan fingerprint density at radius 3 is 2.82 bits per heavy atom. The molecule has 1 heterocycles. The van der Waals surface area contributed by atoms with Gasteiger partial charge in [-0.3, -0.25) is 4.79 Å². The third kappa shape index (κ3) is 2.58. The second-order valence-electron chi connectivity index (χ2n) is 5.39. The van der Waals surface area contributed by atoms with Crippen molar-refractivity contribution < 1.29 is 4.79 Å². The molecule has 1 aromatic rings.